The molecule has 1 fully saturated rings. The second kappa shape index (κ2) is 8.90. The van der Waals surface area contributed by atoms with Crippen molar-refractivity contribution in [3.05, 3.63) is 22.8 Å². The van der Waals surface area contributed by atoms with Gasteiger partial charge in [-0.2, -0.15) is 0 Å². The van der Waals surface area contributed by atoms with Crippen molar-refractivity contribution < 1.29 is 17.9 Å². The van der Waals surface area contributed by atoms with Crippen LogP contribution in [0.5, 0.6) is 0 Å². The zero-order chi connectivity index (χ0) is 18.8. The molecule has 2 heteroatoms. The number of hydrogen-bond donors (Lipinski definition) is 0. The number of nitrogens with zero attached hydrogens (tertiary/aromatic N) is 1. The number of allylic oxidation sites excluding steroid dienone is 4. The van der Waals surface area contributed by atoms with Crippen LogP contribution in [0.25, 0.3) is 0 Å². The van der Waals surface area contributed by atoms with E-state index in [9.17, 15) is 0 Å². The fourth-order valence-corrected chi connectivity index (χ4v) is 9.42. The number of rotatable bonds is 7. The maximum atomic E-state index is 2.73. The third-order valence-corrected chi connectivity index (χ3v) is 10.5. The van der Waals surface area contributed by atoms with Gasteiger partial charge in [-0.1, -0.05) is 0 Å². The summed E-state index contributed by atoms with van der Waals surface area (Å²) in [4.78, 5) is 2.40. The van der Waals surface area contributed by atoms with Gasteiger partial charge in [-0.3, -0.25) is 0 Å². The summed E-state index contributed by atoms with van der Waals surface area (Å²) in [7, 11) is 4.49. The minimum absolute atomic E-state index is 0.444. The van der Waals surface area contributed by atoms with Gasteiger partial charge in [0.05, 0.1) is 0 Å². The molecule has 0 radical (unpaired) electrons. The van der Waals surface area contributed by atoms with Crippen LogP contribution in [-0.2, 0) is 17.9 Å². The van der Waals surface area contributed by atoms with Crippen molar-refractivity contribution in [3.8, 4) is 0 Å². The van der Waals surface area contributed by atoms with Crippen molar-refractivity contribution in [2.24, 2.45) is 17.8 Å². The molecule has 0 aromatic heterocycles. The zero-order valence-corrected chi connectivity index (χ0v) is 19.8. The Morgan fingerprint density at radius 2 is 1.64 bits per heavy atom. The average Bonchev–Trinajstić information content (AvgIpc) is 2.90. The summed E-state index contributed by atoms with van der Waals surface area (Å²) in [6.07, 6.45) is 11.3. The zero-order valence-electron chi connectivity index (χ0n) is 18.2. The van der Waals surface area contributed by atoms with Crippen LogP contribution in [-0.4, -0.2) is 25.5 Å². The Morgan fingerprint density at radius 3 is 2.08 bits per heavy atom. The van der Waals surface area contributed by atoms with E-state index in [0.29, 0.717) is 15.6 Å². The molecule has 2 aliphatic rings. The molecule has 143 valence electrons. The van der Waals surface area contributed by atoms with Crippen molar-refractivity contribution in [2.45, 2.75) is 80.4 Å². The van der Waals surface area contributed by atoms with Gasteiger partial charge in [-0.25, -0.2) is 0 Å². The van der Waals surface area contributed by atoms with Gasteiger partial charge in [0.2, 0.25) is 0 Å². The molecule has 2 aliphatic carbocycles. The Hall–Kier alpha value is 0.154. The van der Waals surface area contributed by atoms with E-state index in [2.05, 4.69) is 63.2 Å². The molecule has 0 spiro atoms. The van der Waals surface area contributed by atoms with Crippen LogP contribution in [0.4, 0.5) is 0 Å². The molecule has 0 amide bonds. The molecule has 0 aliphatic heterocycles. The average molecular weight is 380 g/mol. The van der Waals surface area contributed by atoms with Crippen LogP contribution in [0.15, 0.2) is 22.8 Å². The van der Waals surface area contributed by atoms with Gasteiger partial charge >= 0.3 is 164 Å². The third-order valence-electron chi connectivity index (χ3n) is 6.61. The SMILES string of the molecule is CC(C)C1=CC(C2CCCCC2)=C(C(C)C)[C]1(CCN(C)C)[Ti]([CH3])[CH3]. The van der Waals surface area contributed by atoms with Gasteiger partial charge in [-0.15, -0.1) is 0 Å². The summed E-state index contributed by atoms with van der Waals surface area (Å²) in [6, 6.07) is 0. The van der Waals surface area contributed by atoms with Crippen LogP contribution in [0.3, 0.4) is 0 Å². The van der Waals surface area contributed by atoms with Crippen molar-refractivity contribution in [3.63, 3.8) is 0 Å². The Morgan fingerprint density at radius 1 is 1.04 bits per heavy atom. The molecule has 1 atom stereocenters. The van der Waals surface area contributed by atoms with Gasteiger partial charge < -0.3 is 0 Å². The van der Waals surface area contributed by atoms with Crippen LogP contribution >= 0.6 is 0 Å². The van der Waals surface area contributed by atoms with E-state index >= 15 is 0 Å². The fourth-order valence-electron chi connectivity index (χ4n) is 5.49. The van der Waals surface area contributed by atoms with Gasteiger partial charge in [0, 0.05) is 0 Å². The van der Waals surface area contributed by atoms with E-state index in [1.54, 1.807) is 11.1 Å². The van der Waals surface area contributed by atoms with Crippen molar-refractivity contribution >= 4 is 0 Å². The maximum absolute atomic E-state index is 2.73. The Kier molecular flexibility index (Phi) is 7.63. The predicted octanol–water partition coefficient (Wildman–Crippen LogP) is 6.94. The fraction of sp³-hybridized carbons (Fsp3) is 0.826. The quantitative estimate of drug-likeness (QED) is 0.432. The molecule has 2 rings (SSSR count). The van der Waals surface area contributed by atoms with Crippen LogP contribution in [0.2, 0.25) is 14.2 Å². The molecule has 25 heavy (non-hydrogen) atoms. The molecule has 1 unspecified atom stereocenters. The predicted molar refractivity (Wildman–Crippen MR) is 109 cm³/mol. The Balaban J connectivity index is 2.57. The van der Waals surface area contributed by atoms with Gasteiger partial charge in [0.1, 0.15) is 0 Å². The third kappa shape index (κ3) is 4.36. The topological polar surface area (TPSA) is 3.24 Å². The van der Waals surface area contributed by atoms with Crippen LogP contribution in [0.1, 0.15) is 66.2 Å². The molecule has 0 bridgehead atoms. The summed E-state index contributed by atoms with van der Waals surface area (Å²) < 4.78 is 0.444. The van der Waals surface area contributed by atoms with E-state index in [0.717, 1.165) is 5.92 Å². The van der Waals surface area contributed by atoms with E-state index < -0.39 is 17.9 Å². The van der Waals surface area contributed by atoms with Crippen LogP contribution < -0.4 is 0 Å². The Bertz CT molecular complexity index is 506. The monoisotopic (exact) mass is 380 g/mol. The van der Waals surface area contributed by atoms with Crippen LogP contribution in [0, 0.1) is 17.8 Å². The molecular weight excluding hydrogens is 338 g/mol. The molecule has 0 N–H and O–H groups in total. The van der Waals surface area contributed by atoms with E-state index in [4.69, 9.17) is 0 Å². The number of hydrogen-bond acceptors (Lipinski definition) is 1. The first-order chi connectivity index (χ1) is 11.7. The summed E-state index contributed by atoms with van der Waals surface area (Å²) in [5, 5.41) is 5.27. The Labute approximate surface area is 164 Å². The molecule has 1 saturated carbocycles. The summed E-state index contributed by atoms with van der Waals surface area (Å²) >= 11 is -1.20. The minimum atomic E-state index is -1.20. The second-order valence-corrected chi connectivity index (χ2v) is 14.0. The summed E-state index contributed by atoms with van der Waals surface area (Å²) in [5.74, 6) is 2.21. The van der Waals surface area contributed by atoms with Crippen molar-refractivity contribution in [2.75, 3.05) is 20.6 Å². The molecule has 0 aromatic rings. The van der Waals surface area contributed by atoms with E-state index in [1.165, 1.54) is 45.1 Å². The van der Waals surface area contributed by atoms with E-state index in [1.807, 2.05) is 5.57 Å². The normalized spacial score (nSPS) is 25.5. The standard InChI is InChI=1S/C21H36N.2CH3.Ti/c1-15(2)19-14-20(17-10-8-7-9-11-17)21(16(3)4)18(19)12-13-22(5)6;;;/h14-17H,7-13H2,1-6H3;2*1H3;. The molecule has 0 saturated heterocycles. The molecular formula is C23H42NTi. The molecule has 0 aromatic carbocycles. The molecule has 0 heterocycles. The van der Waals surface area contributed by atoms with E-state index in [-0.39, 0.29) is 0 Å². The first-order valence-electron chi connectivity index (χ1n) is 10.6. The van der Waals surface area contributed by atoms with Crippen molar-refractivity contribution in [1.82, 2.24) is 4.90 Å². The summed E-state index contributed by atoms with van der Waals surface area (Å²) in [5.41, 5.74) is 5.48. The first kappa shape index (κ1) is 21.5. The van der Waals surface area contributed by atoms with Gasteiger partial charge in [-0.05, 0) is 0 Å². The first-order valence-corrected chi connectivity index (χ1v) is 14.5. The van der Waals surface area contributed by atoms with Crippen molar-refractivity contribution in [1.29, 1.82) is 0 Å². The van der Waals surface area contributed by atoms with Gasteiger partial charge in [0.25, 0.3) is 0 Å². The second-order valence-electron chi connectivity index (χ2n) is 9.57. The summed E-state index contributed by atoms with van der Waals surface area (Å²) in [6.45, 7) is 11.1. The van der Waals surface area contributed by atoms with Gasteiger partial charge in [0.15, 0.2) is 0 Å². The molecule has 1 nitrogen and oxygen atoms in total.